The Hall–Kier alpha value is -2.82. The van der Waals surface area contributed by atoms with Gasteiger partial charge in [-0.25, -0.2) is 0 Å². The van der Waals surface area contributed by atoms with Crippen LogP contribution in [0.15, 0.2) is 54.6 Å². The van der Waals surface area contributed by atoms with Crippen LogP contribution in [-0.2, 0) is 4.79 Å². The fraction of sp³-hybridized carbons (Fsp3) is 0.391. The summed E-state index contributed by atoms with van der Waals surface area (Å²) in [4.78, 5) is 24.7. The predicted octanol–water partition coefficient (Wildman–Crippen LogP) is 3.86. The van der Waals surface area contributed by atoms with Crippen molar-refractivity contribution in [2.24, 2.45) is 5.92 Å². The number of para-hydroxylation sites is 1. The van der Waals surface area contributed by atoms with Crippen molar-refractivity contribution < 1.29 is 14.3 Å². The topological polar surface area (TPSA) is 67.4 Å². The van der Waals surface area contributed by atoms with E-state index in [0.717, 1.165) is 12.8 Å². The molecule has 1 atom stereocenters. The van der Waals surface area contributed by atoms with Crippen molar-refractivity contribution >= 4 is 11.8 Å². The number of rotatable bonds is 10. The van der Waals surface area contributed by atoms with Crippen molar-refractivity contribution in [2.45, 2.75) is 38.6 Å². The maximum atomic E-state index is 12.4. The van der Waals surface area contributed by atoms with Crippen molar-refractivity contribution in [3.05, 3.63) is 65.7 Å². The third kappa shape index (κ3) is 5.59. The third-order valence-corrected chi connectivity index (χ3v) is 4.87. The maximum absolute atomic E-state index is 12.4. The van der Waals surface area contributed by atoms with Crippen LogP contribution in [0.5, 0.6) is 5.75 Å². The zero-order valence-electron chi connectivity index (χ0n) is 16.3. The van der Waals surface area contributed by atoms with Gasteiger partial charge in [-0.05, 0) is 49.8 Å². The Bertz CT molecular complexity index is 787. The molecule has 3 rings (SSSR count). The second-order valence-corrected chi connectivity index (χ2v) is 7.08. The lowest BCUT2D eigenvalue weighted by Gasteiger charge is -2.19. The molecule has 5 nitrogen and oxygen atoms in total. The first-order valence-electron chi connectivity index (χ1n) is 10.0. The first kappa shape index (κ1) is 19.9. The summed E-state index contributed by atoms with van der Waals surface area (Å²) < 4.78 is 5.49. The number of carbonyl (C=O) groups is 2. The normalized spacial score (nSPS) is 14.2. The summed E-state index contributed by atoms with van der Waals surface area (Å²) in [7, 11) is 0. The lowest BCUT2D eigenvalue weighted by Crippen LogP contribution is -2.31. The molecule has 0 spiro atoms. The highest BCUT2D eigenvalue weighted by Gasteiger charge is 2.33. The molecule has 2 aromatic rings. The van der Waals surface area contributed by atoms with Gasteiger partial charge in [0, 0.05) is 13.0 Å². The highest BCUT2D eigenvalue weighted by molar-refractivity contribution is 5.96. The van der Waals surface area contributed by atoms with Gasteiger partial charge in [0.15, 0.2) is 0 Å². The molecule has 2 N–H and O–H groups in total. The van der Waals surface area contributed by atoms with E-state index < -0.39 is 0 Å². The van der Waals surface area contributed by atoms with Crippen molar-refractivity contribution in [3.63, 3.8) is 0 Å². The average Bonchev–Trinajstić information content (AvgIpc) is 3.56. The molecule has 0 saturated heterocycles. The second kappa shape index (κ2) is 9.93. The molecule has 0 aromatic heterocycles. The van der Waals surface area contributed by atoms with E-state index in [9.17, 15) is 9.59 Å². The third-order valence-electron chi connectivity index (χ3n) is 4.87. The number of hydrogen-bond donors (Lipinski definition) is 2. The van der Waals surface area contributed by atoms with Crippen LogP contribution in [0.25, 0.3) is 0 Å². The van der Waals surface area contributed by atoms with Gasteiger partial charge in [-0.3, -0.25) is 9.59 Å². The minimum atomic E-state index is -0.176. The van der Waals surface area contributed by atoms with Gasteiger partial charge in [-0.1, -0.05) is 42.5 Å². The first-order valence-corrected chi connectivity index (χ1v) is 10.0. The van der Waals surface area contributed by atoms with Crippen molar-refractivity contribution in [1.82, 2.24) is 10.6 Å². The SMILES string of the molecule is CCOc1ccccc1C(=O)NCCCC(=O)NC(c1ccccc1)C1CC1. The van der Waals surface area contributed by atoms with Gasteiger partial charge in [0.1, 0.15) is 5.75 Å². The average molecular weight is 380 g/mol. The molecule has 1 aliphatic carbocycles. The van der Waals surface area contributed by atoms with Crippen LogP contribution in [-0.4, -0.2) is 25.0 Å². The Balaban J connectivity index is 1.43. The van der Waals surface area contributed by atoms with Crippen molar-refractivity contribution in [2.75, 3.05) is 13.2 Å². The van der Waals surface area contributed by atoms with Gasteiger partial charge >= 0.3 is 0 Å². The van der Waals surface area contributed by atoms with E-state index in [1.54, 1.807) is 12.1 Å². The molecule has 0 bridgehead atoms. The van der Waals surface area contributed by atoms with E-state index in [0.29, 0.717) is 43.2 Å². The summed E-state index contributed by atoms with van der Waals surface area (Å²) in [6, 6.07) is 17.4. The number of hydrogen-bond acceptors (Lipinski definition) is 3. The van der Waals surface area contributed by atoms with Crippen LogP contribution in [0.1, 0.15) is 54.6 Å². The number of nitrogens with one attached hydrogen (secondary N) is 2. The molecule has 148 valence electrons. The smallest absolute Gasteiger partial charge is 0.255 e. The van der Waals surface area contributed by atoms with Gasteiger partial charge in [0.2, 0.25) is 5.91 Å². The number of ether oxygens (including phenoxy) is 1. The molecule has 1 aliphatic rings. The Morgan fingerprint density at radius 3 is 2.50 bits per heavy atom. The molecule has 0 heterocycles. The first-order chi connectivity index (χ1) is 13.7. The molecule has 5 heteroatoms. The van der Waals surface area contributed by atoms with Gasteiger partial charge in [-0.2, -0.15) is 0 Å². The monoisotopic (exact) mass is 380 g/mol. The zero-order chi connectivity index (χ0) is 19.8. The fourth-order valence-electron chi connectivity index (χ4n) is 3.29. The van der Waals surface area contributed by atoms with E-state index in [4.69, 9.17) is 4.74 Å². The summed E-state index contributed by atoms with van der Waals surface area (Å²) in [5.41, 5.74) is 1.69. The Labute approximate surface area is 166 Å². The zero-order valence-corrected chi connectivity index (χ0v) is 16.3. The number of benzene rings is 2. The van der Waals surface area contributed by atoms with Gasteiger partial charge < -0.3 is 15.4 Å². The van der Waals surface area contributed by atoms with Crippen LogP contribution in [0, 0.1) is 5.92 Å². The summed E-state index contributed by atoms with van der Waals surface area (Å²) in [5, 5.41) is 6.04. The molecule has 2 amide bonds. The standard InChI is InChI=1S/C23H28N2O3/c1-2-28-20-12-7-6-11-19(20)23(27)24-16-8-13-21(26)25-22(18-14-15-18)17-9-4-3-5-10-17/h3-7,9-12,18,22H,2,8,13-16H2,1H3,(H,24,27)(H,25,26). The van der Waals surface area contributed by atoms with E-state index in [1.165, 1.54) is 5.56 Å². The Morgan fingerprint density at radius 1 is 1.07 bits per heavy atom. The van der Waals surface area contributed by atoms with Gasteiger partial charge in [0.05, 0.1) is 18.2 Å². The largest absolute Gasteiger partial charge is 0.493 e. The molecule has 28 heavy (non-hydrogen) atoms. The van der Waals surface area contributed by atoms with Crippen LogP contribution in [0.2, 0.25) is 0 Å². The second-order valence-electron chi connectivity index (χ2n) is 7.08. The molecule has 0 radical (unpaired) electrons. The molecule has 0 aliphatic heterocycles. The lowest BCUT2D eigenvalue weighted by molar-refractivity contribution is -0.122. The van der Waals surface area contributed by atoms with Crippen molar-refractivity contribution in [3.8, 4) is 5.75 Å². The Kier molecular flexibility index (Phi) is 7.06. The van der Waals surface area contributed by atoms with E-state index in [2.05, 4.69) is 22.8 Å². The molecular formula is C23H28N2O3. The maximum Gasteiger partial charge on any atom is 0.255 e. The van der Waals surface area contributed by atoms with E-state index in [-0.39, 0.29) is 17.9 Å². The van der Waals surface area contributed by atoms with E-state index >= 15 is 0 Å². The summed E-state index contributed by atoms with van der Waals surface area (Å²) in [6.45, 7) is 2.85. The lowest BCUT2D eigenvalue weighted by atomic mass is 10.0. The van der Waals surface area contributed by atoms with Crippen LogP contribution < -0.4 is 15.4 Å². The van der Waals surface area contributed by atoms with Crippen LogP contribution >= 0.6 is 0 Å². The summed E-state index contributed by atoms with van der Waals surface area (Å²) in [6.07, 6.45) is 3.31. The highest BCUT2D eigenvalue weighted by atomic mass is 16.5. The summed E-state index contributed by atoms with van der Waals surface area (Å²) >= 11 is 0. The minimum Gasteiger partial charge on any atom is -0.493 e. The summed E-state index contributed by atoms with van der Waals surface area (Å²) in [5.74, 6) is 0.978. The van der Waals surface area contributed by atoms with E-state index in [1.807, 2.05) is 37.3 Å². The van der Waals surface area contributed by atoms with Crippen molar-refractivity contribution in [1.29, 1.82) is 0 Å². The van der Waals surface area contributed by atoms with Gasteiger partial charge in [-0.15, -0.1) is 0 Å². The van der Waals surface area contributed by atoms with Crippen LogP contribution in [0.3, 0.4) is 0 Å². The molecule has 2 aromatic carbocycles. The predicted molar refractivity (Wildman–Crippen MR) is 109 cm³/mol. The fourth-order valence-corrected chi connectivity index (χ4v) is 3.29. The quantitative estimate of drug-likeness (QED) is 0.615. The van der Waals surface area contributed by atoms with Gasteiger partial charge in [0.25, 0.3) is 5.91 Å². The minimum absolute atomic E-state index is 0.0321. The molecule has 1 fully saturated rings. The van der Waals surface area contributed by atoms with Crippen LogP contribution in [0.4, 0.5) is 0 Å². The molecule has 1 saturated carbocycles. The molecule has 1 unspecified atom stereocenters. The number of carbonyl (C=O) groups excluding carboxylic acids is 2. The molecular weight excluding hydrogens is 352 g/mol. The highest BCUT2D eigenvalue weighted by Crippen LogP contribution is 2.40. The number of amides is 2. The Morgan fingerprint density at radius 2 is 1.79 bits per heavy atom.